The monoisotopic (exact) mass is 284 g/mol. The molecule has 0 aliphatic carbocycles. The number of halogens is 2. The van der Waals surface area contributed by atoms with Gasteiger partial charge in [-0.25, -0.2) is 9.07 Å². The number of nitrogens with two attached hydrogens (primary N) is 1. The zero-order valence-electron chi connectivity index (χ0n) is 9.31. The molecule has 0 atom stereocenters. The molecular formula is C11H10ClFN4S. The Labute approximate surface area is 113 Å². The minimum absolute atomic E-state index is 0.274. The Kier molecular flexibility index (Phi) is 3.88. The van der Waals surface area contributed by atoms with Crippen molar-refractivity contribution in [3.05, 3.63) is 41.7 Å². The predicted molar refractivity (Wildman–Crippen MR) is 71.3 cm³/mol. The van der Waals surface area contributed by atoms with Crippen molar-refractivity contribution in [3.8, 4) is 11.4 Å². The zero-order chi connectivity index (χ0) is 13.1. The molecule has 2 rings (SSSR count). The van der Waals surface area contributed by atoms with Crippen LogP contribution in [-0.2, 0) is 0 Å². The first-order chi connectivity index (χ1) is 8.59. The average Bonchev–Trinajstić information content (AvgIpc) is 2.69. The van der Waals surface area contributed by atoms with E-state index in [-0.39, 0.29) is 5.82 Å². The van der Waals surface area contributed by atoms with Crippen molar-refractivity contribution in [2.24, 2.45) is 0 Å². The van der Waals surface area contributed by atoms with E-state index in [0.29, 0.717) is 21.5 Å². The summed E-state index contributed by atoms with van der Waals surface area (Å²) in [5, 5.41) is 8.70. The Bertz CT molecular complexity index is 584. The maximum atomic E-state index is 13.6. The van der Waals surface area contributed by atoms with Crippen molar-refractivity contribution in [2.75, 3.05) is 11.6 Å². The highest BCUT2D eigenvalue weighted by molar-refractivity contribution is 7.99. The summed E-state index contributed by atoms with van der Waals surface area (Å²) in [6.07, 6.45) is 0. The van der Waals surface area contributed by atoms with Gasteiger partial charge in [-0.2, -0.15) is 0 Å². The molecule has 0 radical (unpaired) electrons. The molecule has 0 saturated heterocycles. The van der Waals surface area contributed by atoms with Gasteiger partial charge < -0.3 is 5.84 Å². The number of hydrogen-bond donors (Lipinski definition) is 1. The summed E-state index contributed by atoms with van der Waals surface area (Å²) >= 11 is 6.94. The molecule has 1 aromatic carbocycles. The summed E-state index contributed by atoms with van der Waals surface area (Å²) in [6.45, 7) is 3.57. The fraction of sp³-hybridized carbons (Fsp3) is 0.0909. The maximum Gasteiger partial charge on any atom is 0.210 e. The van der Waals surface area contributed by atoms with Crippen molar-refractivity contribution >= 4 is 23.4 Å². The van der Waals surface area contributed by atoms with Crippen LogP contribution in [0.4, 0.5) is 4.39 Å². The largest absolute Gasteiger partial charge is 0.335 e. The van der Waals surface area contributed by atoms with Crippen molar-refractivity contribution in [1.82, 2.24) is 14.9 Å². The topological polar surface area (TPSA) is 56.7 Å². The highest BCUT2D eigenvalue weighted by atomic mass is 35.5. The van der Waals surface area contributed by atoms with E-state index in [1.807, 2.05) is 0 Å². The molecule has 0 spiro atoms. The Morgan fingerprint density at radius 3 is 2.83 bits per heavy atom. The molecule has 0 aliphatic rings. The highest BCUT2D eigenvalue weighted by Crippen LogP contribution is 2.24. The van der Waals surface area contributed by atoms with Crippen molar-refractivity contribution < 1.29 is 4.39 Å². The molecule has 0 bridgehead atoms. The molecule has 7 heteroatoms. The molecule has 0 aliphatic heterocycles. The van der Waals surface area contributed by atoms with E-state index in [0.717, 1.165) is 0 Å². The second-order valence-electron chi connectivity index (χ2n) is 3.46. The second kappa shape index (κ2) is 5.41. The van der Waals surface area contributed by atoms with Crippen LogP contribution in [-0.4, -0.2) is 20.6 Å². The van der Waals surface area contributed by atoms with E-state index in [1.54, 1.807) is 18.2 Å². The maximum absolute atomic E-state index is 13.6. The fourth-order valence-corrected chi connectivity index (χ4v) is 2.12. The van der Waals surface area contributed by atoms with Gasteiger partial charge in [0.1, 0.15) is 5.82 Å². The quantitative estimate of drug-likeness (QED) is 0.693. The summed E-state index contributed by atoms with van der Waals surface area (Å²) < 4.78 is 14.8. The van der Waals surface area contributed by atoms with Crippen LogP contribution in [0.25, 0.3) is 11.4 Å². The SMILES string of the molecule is C=C(Cl)CSc1nnc(-c2ccccc2F)n1N. The van der Waals surface area contributed by atoms with Crippen molar-refractivity contribution in [1.29, 1.82) is 0 Å². The molecule has 0 fully saturated rings. The molecule has 1 heterocycles. The van der Waals surface area contributed by atoms with Gasteiger partial charge in [0.2, 0.25) is 5.16 Å². The van der Waals surface area contributed by atoms with Gasteiger partial charge in [0.15, 0.2) is 5.82 Å². The van der Waals surface area contributed by atoms with Crippen LogP contribution in [0, 0.1) is 5.82 Å². The smallest absolute Gasteiger partial charge is 0.210 e. The fourth-order valence-electron chi connectivity index (χ4n) is 1.34. The summed E-state index contributed by atoms with van der Waals surface area (Å²) in [7, 11) is 0. The molecule has 0 saturated carbocycles. The van der Waals surface area contributed by atoms with E-state index in [2.05, 4.69) is 16.8 Å². The second-order valence-corrected chi connectivity index (χ2v) is 4.94. The van der Waals surface area contributed by atoms with Gasteiger partial charge in [-0.05, 0) is 12.1 Å². The van der Waals surface area contributed by atoms with Crippen LogP contribution in [0.3, 0.4) is 0 Å². The van der Waals surface area contributed by atoms with Gasteiger partial charge in [0.25, 0.3) is 0 Å². The third-order valence-corrected chi connectivity index (χ3v) is 3.46. The zero-order valence-corrected chi connectivity index (χ0v) is 10.9. The number of aromatic nitrogens is 3. The molecule has 0 unspecified atom stereocenters. The Balaban J connectivity index is 2.31. The van der Waals surface area contributed by atoms with Gasteiger partial charge in [-0.3, -0.25) is 0 Å². The number of rotatable bonds is 4. The number of nitrogen functional groups attached to an aromatic ring is 1. The van der Waals surface area contributed by atoms with E-state index >= 15 is 0 Å². The van der Waals surface area contributed by atoms with Crippen LogP contribution in [0.15, 0.2) is 41.0 Å². The lowest BCUT2D eigenvalue weighted by atomic mass is 10.2. The minimum atomic E-state index is -0.394. The van der Waals surface area contributed by atoms with Gasteiger partial charge >= 0.3 is 0 Å². The Morgan fingerprint density at radius 2 is 2.17 bits per heavy atom. The van der Waals surface area contributed by atoms with E-state index < -0.39 is 5.82 Å². The number of benzene rings is 1. The third-order valence-electron chi connectivity index (χ3n) is 2.14. The molecule has 94 valence electrons. The normalized spacial score (nSPS) is 10.6. The Hall–Kier alpha value is -1.53. The molecule has 4 nitrogen and oxygen atoms in total. The molecule has 2 N–H and O–H groups in total. The Morgan fingerprint density at radius 1 is 1.44 bits per heavy atom. The highest BCUT2D eigenvalue weighted by Gasteiger charge is 2.15. The van der Waals surface area contributed by atoms with Crippen molar-refractivity contribution in [3.63, 3.8) is 0 Å². The number of nitrogens with zero attached hydrogens (tertiary/aromatic N) is 3. The first-order valence-electron chi connectivity index (χ1n) is 5.01. The van der Waals surface area contributed by atoms with Gasteiger partial charge in [0, 0.05) is 10.8 Å². The lowest BCUT2D eigenvalue weighted by Gasteiger charge is -2.03. The minimum Gasteiger partial charge on any atom is -0.335 e. The summed E-state index contributed by atoms with van der Waals surface area (Å²) in [6, 6.07) is 6.25. The number of hydrogen-bond acceptors (Lipinski definition) is 4. The van der Waals surface area contributed by atoms with Crippen LogP contribution in [0.2, 0.25) is 0 Å². The van der Waals surface area contributed by atoms with Crippen molar-refractivity contribution in [2.45, 2.75) is 5.16 Å². The molecular weight excluding hydrogens is 275 g/mol. The van der Waals surface area contributed by atoms with E-state index in [4.69, 9.17) is 17.4 Å². The van der Waals surface area contributed by atoms with Gasteiger partial charge in [0.05, 0.1) is 5.56 Å². The summed E-state index contributed by atoms with van der Waals surface area (Å²) in [5.74, 6) is 6.17. The lowest BCUT2D eigenvalue weighted by molar-refractivity contribution is 0.629. The van der Waals surface area contributed by atoms with Gasteiger partial charge in [-0.1, -0.05) is 42.1 Å². The average molecular weight is 285 g/mol. The van der Waals surface area contributed by atoms with Gasteiger partial charge in [-0.15, -0.1) is 10.2 Å². The predicted octanol–water partition coefficient (Wildman–Crippen LogP) is 2.64. The molecule has 0 amide bonds. The van der Waals surface area contributed by atoms with Crippen LogP contribution >= 0.6 is 23.4 Å². The molecule has 18 heavy (non-hydrogen) atoms. The molecule has 2 aromatic rings. The lowest BCUT2D eigenvalue weighted by Crippen LogP contribution is -2.12. The van der Waals surface area contributed by atoms with Crippen LogP contribution in [0.1, 0.15) is 0 Å². The van der Waals surface area contributed by atoms with Crippen LogP contribution in [0.5, 0.6) is 0 Å². The summed E-state index contributed by atoms with van der Waals surface area (Å²) in [5.41, 5.74) is 0.309. The van der Waals surface area contributed by atoms with E-state index in [1.165, 1.54) is 22.5 Å². The van der Waals surface area contributed by atoms with E-state index in [9.17, 15) is 4.39 Å². The number of thioether (sulfide) groups is 1. The summed E-state index contributed by atoms with van der Waals surface area (Å²) in [4.78, 5) is 0. The molecule has 1 aromatic heterocycles. The third kappa shape index (κ3) is 2.65. The first-order valence-corrected chi connectivity index (χ1v) is 6.37. The first kappa shape index (κ1) is 12.9. The van der Waals surface area contributed by atoms with Crippen LogP contribution < -0.4 is 5.84 Å². The standard InChI is InChI=1S/C11H10ClFN4S/c1-7(12)6-18-11-16-15-10(17(11)14)8-4-2-3-5-9(8)13/h2-5H,1,6,14H2.